The quantitative estimate of drug-likeness (QED) is 0.909. The fraction of sp³-hybridized carbons (Fsp3) is 0.263. The summed E-state index contributed by atoms with van der Waals surface area (Å²) in [5.41, 5.74) is 4.65. The van der Waals surface area contributed by atoms with Gasteiger partial charge in [-0.15, -0.1) is 0 Å². The maximum atomic E-state index is 12.6. The van der Waals surface area contributed by atoms with Gasteiger partial charge in [0.1, 0.15) is 0 Å². The number of carbonyl (C=O) groups is 2. The van der Waals surface area contributed by atoms with E-state index in [1.807, 2.05) is 25.1 Å². The summed E-state index contributed by atoms with van der Waals surface area (Å²) in [5, 5.41) is 12.2. The lowest BCUT2D eigenvalue weighted by Crippen LogP contribution is -2.20. The van der Waals surface area contributed by atoms with Crippen LogP contribution in [-0.2, 0) is 11.2 Å². The van der Waals surface area contributed by atoms with Gasteiger partial charge in [0.25, 0.3) is 0 Å². The molecule has 0 radical (unpaired) electrons. The largest absolute Gasteiger partial charge is 0.478 e. The van der Waals surface area contributed by atoms with Gasteiger partial charge in [-0.05, 0) is 55.0 Å². The first-order valence-corrected chi connectivity index (χ1v) is 7.70. The third kappa shape index (κ3) is 2.84. The Morgan fingerprint density at radius 1 is 1.13 bits per heavy atom. The molecule has 0 heterocycles. The average molecular weight is 309 g/mol. The molecule has 0 fully saturated rings. The van der Waals surface area contributed by atoms with Crippen LogP contribution in [0.4, 0.5) is 5.69 Å². The highest BCUT2D eigenvalue weighted by atomic mass is 16.4. The number of fused-ring (bicyclic) bond motifs is 1. The Kier molecular flexibility index (Phi) is 3.90. The molecule has 23 heavy (non-hydrogen) atoms. The Morgan fingerprint density at radius 3 is 2.61 bits per heavy atom. The summed E-state index contributed by atoms with van der Waals surface area (Å²) in [7, 11) is 0. The fourth-order valence-electron chi connectivity index (χ4n) is 3.27. The number of amides is 1. The maximum absolute atomic E-state index is 12.6. The van der Waals surface area contributed by atoms with Crippen molar-refractivity contribution in [2.45, 2.75) is 32.6 Å². The molecule has 3 rings (SSSR count). The number of carbonyl (C=O) groups excluding carboxylic acids is 1. The molecular formula is C19H19NO3. The predicted molar refractivity (Wildman–Crippen MR) is 89.0 cm³/mol. The summed E-state index contributed by atoms with van der Waals surface area (Å²) in [5.74, 6) is -1.22. The summed E-state index contributed by atoms with van der Waals surface area (Å²) >= 11 is 0. The summed E-state index contributed by atoms with van der Waals surface area (Å²) in [6.45, 7) is 3.63. The Bertz CT molecular complexity index is 795. The molecule has 0 aromatic heterocycles. The molecule has 0 spiro atoms. The Hall–Kier alpha value is -2.62. The third-order valence-corrected chi connectivity index (χ3v) is 4.51. The van der Waals surface area contributed by atoms with Crippen molar-refractivity contribution in [1.82, 2.24) is 0 Å². The number of hydrogen-bond donors (Lipinski definition) is 2. The van der Waals surface area contributed by atoms with Crippen molar-refractivity contribution < 1.29 is 14.7 Å². The highest BCUT2D eigenvalue weighted by molar-refractivity contribution is 5.99. The van der Waals surface area contributed by atoms with Gasteiger partial charge in [-0.1, -0.05) is 30.3 Å². The zero-order valence-corrected chi connectivity index (χ0v) is 13.2. The molecule has 4 nitrogen and oxygen atoms in total. The third-order valence-electron chi connectivity index (χ3n) is 4.51. The Morgan fingerprint density at radius 2 is 1.87 bits per heavy atom. The lowest BCUT2D eigenvalue weighted by molar-refractivity contribution is -0.117. The molecule has 1 unspecified atom stereocenters. The van der Waals surface area contributed by atoms with Crippen LogP contribution in [0.15, 0.2) is 36.4 Å². The highest BCUT2D eigenvalue weighted by Crippen LogP contribution is 2.34. The number of anilines is 1. The zero-order chi connectivity index (χ0) is 16.6. The van der Waals surface area contributed by atoms with Gasteiger partial charge in [0.2, 0.25) is 5.91 Å². The smallest absolute Gasteiger partial charge is 0.336 e. The van der Waals surface area contributed by atoms with E-state index in [1.165, 1.54) is 5.56 Å². The van der Waals surface area contributed by atoms with E-state index in [2.05, 4.69) is 11.4 Å². The van der Waals surface area contributed by atoms with E-state index >= 15 is 0 Å². The molecule has 1 atom stereocenters. The van der Waals surface area contributed by atoms with Crippen LogP contribution in [0.2, 0.25) is 0 Å². The molecule has 1 aliphatic carbocycles. The van der Waals surface area contributed by atoms with Gasteiger partial charge in [0.15, 0.2) is 0 Å². The van der Waals surface area contributed by atoms with Crippen LogP contribution < -0.4 is 5.32 Å². The number of aryl methyl sites for hydroxylation is 3. The topological polar surface area (TPSA) is 66.4 Å². The van der Waals surface area contributed by atoms with Crippen LogP contribution in [0.5, 0.6) is 0 Å². The van der Waals surface area contributed by atoms with Gasteiger partial charge in [0.05, 0.1) is 11.5 Å². The van der Waals surface area contributed by atoms with E-state index in [0.717, 1.165) is 24.0 Å². The van der Waals surface area contributed by atoms with Gasteiger partial charge < -0.3 is 10.4 Å². The number of nitrogens with one attached hydrogen (secondary N) is 1. The normalized spacial score (nSPS) is 16.0. The van der Waals surface area contributed by atoms with Gasteiger partial charge in [-0.25, -0.2) is 4.79 Å². The van der Waals surface area contributed by atoms with Crippen molar-refractivity contribution in [3.05, 3.63) is 64.2 Å². The molecule has 0 bridgehead atoms. The van der Waals surface area contributed by atoms with E-state index in [1.54, 1.807) is 19.1 Å². The Labute approximate surface area is 135 Å². The van der Waals surface area contributed by atoms with E-state index in [9.17, 15) is 14.7 Å². The van der Waals surface area contributed by atoms with E-state index in [-0.39, 0.29) is 17.4 Å². The molecule has 0 saturated heterocycles. The summed E-state index contributed by atoms with van der Waals surface area (Å²) < 4.78 is 0. The molecule has 2 aromatic rings. The average Bonchev–Trinajstić information content (AvgIpc) is 2.93. The second-order valence-electron chi connectivity index (χ2n) is 6.07. The maximum Gasteiger partial charge on any atom is 0.336 e. The highest BCUT2D eigenvalue weighted by Gasteiger charge is 2.28. The molecule has 118 valence electrons. The van der Waals surface area contributed by atoms with Crippen molar-refractivity contribution in [3.63, 3.8) is 0 Å². The molecule has 4 heteroatoms. The molecular weight excluding hydrogens is 290 g/mol. The minimum absolute atomic E-state index is 0.0711. The summed E-state index contributed by atoms with van der Waals surface area (Å²) in [6.07, 6.45) is 1.70. The lowest BCUT2D eigenvalue weighted by atomic mass is 9.99. The molecule has 1 amide bonds. The number of hydrogen-bond acceptors (Lipinski definition) is 2. The van der Waals surface area contributed by atoms with E-state index in [0.29, 0.717) is 11.3 Å². The molecule has 2 aromatic carbocycles. The van der Waals surface area contributed by atoms with E-state index in [4.69, 9.17) is 0 Å². The van der Waals surface area contributed by atoms with Crippen molar-refractivity contribution in [2.75, 3.05) is 5.32 Å². The van der Waals surface area contributed by atoms with Crippen LogP contribution in [0.25, 0.3) is 0 Å². The molecule has 1 aliphatic rings. The SMILES string of the molecule is Cc1cc(C)c(C(=O)O)cc1NC(=O)C1CCc2ccccc21. The number of carboxylic acids is 1. The van der Waals surface area contributed by atoms with Crippen LogP contribution in [0.3, 0.4) is 0 Å². The zero-order valence-electron chi connectivity index (χ0n) is 13.2. The van der Waals surface area contributed by atoms with Crippen LogP contribution in [-0.4, -0.2) is 17.0 Å². The molecule has 2 N–H and O–H groups in total. The number of rotatable bonds is 3. The first-order chi connectivity index (χ1) is 11.0. The monoisotopic (exact) mass is 309 g/mol. The van der Waals surface area contributed by atoms with Crippen molar-refractivity contribution >= 4 is 17.6 Å². The molecule has 0 aliphatic heterocycles. The van der Waals surface area contributed by atoms with Crippen LogP contribution in [0.1, 0.15) is 45.0 Å². The van der Waals surface area contributed by atoms with Crippen molar-refractivity contribution in [1.29, 1.82) is 0 Å². The van der Waals surface area contributed by atoms with Crippen molar-refractivity contribution in [2.24, 2.45) is 0 Å². The first-order valence-electron chi connectivity index (χ1n) is 7.70. The fourth-order valence-corrected chi connectivity index (χ4v) is 3.27. The standard InChI is InChI=1S/C19H19NO3/c1-11-9-12(2)17(10-16(11)19(22)23)20-18(21)15-8-7-13-5-3-4-6-14(13)15/h3-6,9-10,15H,7-8H2,1-2H3,(H,20,21)(H,22,23). The second-order valence-corrected chi connectivity index (χ2v) is 6.07. The second kappa shape index (κ2) is 5.88. The van der Waals surface area contributed by atoms with Gasteiger partial charge >= 0.3 is 5.97 Å². The number of carboxylic acid groups (broad SMARTS) is 1. The molecule has 0 saturated carbocycles. The van der Waals surface area contributed by atoms with Crippen LogP contribution >= 0.6 is 0 Å². The Balaban J connectivity index is 1.87. The van der Waals surface area contributed by atoms with Gasteiger partial charge in [-0.3, -0.25) is 4.79 Å². The number of aromatic carboxylic acids is 1. The number of benzene rings is 2. The van der Waals surface area contributed by atoms with Crippen LogP contribution in [0, 0.1) is 13.8 Å². The minimum atomic E-state index is -0.982. The van der Waals surface area contributed by atoms with Crippen molar-refractivity contribution in [3.8, 4) is 0 Å². The minimum Gasteiger partial charge on any atom is -0.478 e. The summed E-state index contributed by atoms with van der Waals surface area (Å²) in [6, 6.07) is 11.3. The summed E-state index contributed by atoms with van der Waals surface area (Å²) in [4.78, 5) is 23.9. The van der Waals surface area contributed by atoms with E-state index < -0.39 is 5.97 Å². The lowest BCUT2D eigenvalue weighted by Gasteiger charge is -2.15. The predicted octanol–water partition coefficient (Wildman–Crippen LogP) is 3.67. The van der Waals surface area contributed by atoms with Gasteiger partial charge in [-0.2, -0.15) is 0 Å². The van der Waals surface area contributed by atoms with Gasteiger partial charge in [0, 0.05) is 5.69 Å². The first kappa shape index (κ1) is 15.3.